The second-order valence-electron chi connectivity index (χ2n) is 6.15. The lowest BCUT2D eigenvalue weighted by atomic mass is 10.1. The Bertz CT molecular complexity index is 1190. The molecule has 134 valence electrons. The van der Waals surface area contributed by atoms with Crippen molar-refractivity contribution in [1.82, 2.24) is 20.1 Å². The van der Waals surface area contributed by atoms with Gasteiger partial charge in [0.25, 0.3) is 5.91 Å². The number of nitrogens with one attached hydrogen (secondary N) is 1. The van der Waals surface area contributed by atoms with Crippen molar-refractivity contribution in [2.45, 2.75) is 6.54 Å². The van der Waals surface area contributed by atoms with Crippen molar-refractivity contribution in [2.75, 3.05) is 0 Å². The summed E-state index contributed by atoms with van der Waals surface area (Å²) in [5.74, 6) is -0.485. The van der Waals surface area contributed by atoms with E-state index in [1.165, 1.54) is 0 Å². The smallest absolute Gasteiger partial charge is 0.349 e. The molecule has 0 saturated carbocycles. The standard InChI is InChI=1S/C20H16N4O3/c1-24-12-16(11-23-24)15-6-13(8-21-10-15)9-22-19(25)17-7-14-4-2-3-5-18(14)27-20(17)26/h2-8,10-12H,9H2,1H3,(H,22,25). The van der Waals surface area contributed by atoms with E-state index in [0.717, 1.165) is 16.7 Å². The largest absolute Gasteiger partial charge is 0.422 e. The van der Waals surface area contributed by atoms with Gasteiger partial charge in [-0.2, -0.15) is 5.10 Å². The molecule has 4 rings (SSSR count). The summed E-state index contributed by atoms with van der Waals surface area (Å²) in [5, 5.41) is 7.59. The predicted molar refractivity (Wildman–Crippen MR) is 100 cm³/mol. The Balaban J connectivity index is 1.53. The first-order valence-electron chi connectivity index (χ1n) is 8.34. The predicted octanol–water partition coefficient (Wildman–Crippen LogP) is 2.52. The highest BCUT2D eigenvalue weighted by Crippen LogP contribution is 2.18. The summed E-state index contributed by atoms with van der Waals surface area (Å²) in [7, 11) is 1.84. The number of carbonyl (C=O) groups excluding carboxylic acids is 1. The molecule has 0 atom stereocenters. The zero-order valence-electron chi connectivity index (χ0n) is 14.5. The Kier molecular flexibility index (Phi) is 4.25. The highest BCUT2D eigenvalue weighted by molar-refractivity contribution is 5.96. The summed E-state index contributed by atoms with van der Waals surface area (Å²) in [6.07, 6.45) is 7.04. The molecular formula is C20H16N4O3. The number of hydrogen-bond donors (Lipinski definition) is 1. The van der Waals surface area contributed by atoms with Gasteiger partial charge in [0.2, 0.25) is 0 Å². The summed E-state index contributed by atoms with van der Waals surface area (Å²) in [5.41, 5.74) is 2.43. The minimum absolute atomic E-state index is 0.0231. The van der Waals surface area contributed by atoms with Crippen LogP contribution in [0.1, 0.15) is 15.9 Å². The van der Waals surface area contributed by atoms with Crippen LogP contribution in [0.4, 0.5) is 0 Å². The number of amides is 1. The third-order valence-electron chi connectivity index (χ3n) is 4.17. The molecule has 7 nitrogen and oxygen atoms in total. The van der Waals surface area contributed by atoms with Gasteiger partial charge in [-0.3, -0.25) is 14.5 Å². The van der Waals surface area contributed by atoms with Crippen molar-refractivity contribution >= 4 is 16.9 Å². The van der Waals surface area contributed by atoms with E-state index >= 15 is 0 Å². The second kappa shape index (κ2) is 6.87. The minimum atomic E-state index is -0.659. The fraction of sp³-hybridized carbons (Fsp3) is 0.100. The lowest BCUT2D eigenvalue weighted by Crippen LogP contribution is -2.27. The van der Waals surface area contributed by atoms with Crippen molar-refractivity contribution in [2.24, 2.45) is 7.05 Å². The van der Waals surface area contributed by atoms with E-state index in [1.807, 2.05) is 25.4 Å². The van der Waals surface area contributed by atoms with Gasteiger partial charge < -0.3 is 9.73 Å². The molecular weight excluding hydrogens is 344 g/mol. The van der Waals surface area contributed by atoms with E-state index < -0.39 is 11.5 Å². The number of pyridine rings is 1. The van der Waals surface area contributed by atoms with Crippen LogP contribution in [0, 0.1) is 0 Å². The molecule has 0 spiro atoms. The molecule has 4 aromatic rings. The molecule has 0 saturated heterocycles. The van der Waals surface area contributed by atoms with Gasteiger partial charge >= 0.3 is 5.63 Å². The first-order valence-corrected chi connectivity index (χ1v) is 8.34. The number of carbonyl (C=O) groups is 1. The van der Waals surface area contributed by atoms with E-state index in [2.05, 4.69) is 15.4 Å². The molecule has 0 fully saturated rings. The highest BCUT2D eigenvalue weighted by Gasteiger charge is 2.13. The number of fused-ring (bicyclic) bond motifs is 1. The molecule has 0 bridgehead atoms. The first-order chi connectivity index (χ1) is 13.1. The average Bonchev–Trinajstić information content (AvgIpc) is 3.12. The van der Waals surface area contributed by atoms with Crippen LogP contribution in [0.15, 0.2) is 70.4 Å². The second-order valence-corrected chi connectivity index (χ2v) is 6.15. The van der Waals surface area contributed by atoms with Crippen LogP contribution in [0.25, 0.3) is 22.1 Å². The lowest BCUT2D eigenvalue weighted by Gasteiger charge is -2.06. The highest BCUT2D eigenvalue weighted by atomic mass is 16.4. The number of nitrogens with zero attached hydrogens (tertiary/aromatic N) is 3. The molecule has 7 heteroatoms. The third-order valence-corrected chi connectivity index (χ3v) is 4.17. The quantitative estimate of drug-likeness (QED) is 0.565. The molecule has 1 aromatic carbocycles. The molecule has 0 aliphatic rings. The molecule has 1 N–H and O–H groups in total. The molecule has 3 aromatic heterocycles. The van der Waals surface area contributed by atoms with Crippen molar-refractivity contribution in [3.05, 3.63) is 82.7 Å². The number of para-hydroxylation sites is 1. The monoisotopic (exact) mass is 360 g/mol. The van der Waals surface area contributed by atoms with Crippen LogP contribution in [0.5, 0.6) is 0 Å². The number of hydrogen-bond acceptors (Lipinski definition) is 5. The van der Waals surface area contributed by atoms with Crippen LogP contribution >= 0.6 is 0 Å². The van der Waals surface area contributed by atoms with E-state index in [0.29, 0.717) is 11.0 Å². The van der Waals surface area contributed by atoms with E-state index in [-0.39, 0.29) is 12.1 Å². The Hall–Kier alpha value is -3.74. The molecule has 1 amide bonds. The van der Waals surface area contributed by atoms with Gasteiger partial charge in [-0.25, -0.2) is 4.79 Å². The van der Waals surface area contributed by atoms with Crippen LogP contribution in [-0.4, -0.2) is 20.7 Å². The fourth-order valence-corrected chi connectivity index (χ4v) is 2.81. The summed E-state index contributed by atoms with van der Waals surface area (Å²) < 4.78 is 6.92. The van der Waals surface area contributed by atoms with Crippen LogP contribution in [0.2, 0.25) is 0 Å². The lowest BCUT2D eigenvalue weighted by molar-refractivity contribution is 0.0947. The topological polar surface area (TPSA) is 90.0 Å². The van der Waals surface area contributed by atoms with Crippen LogP contribution in [0.3, 0.4) is 0 Å². The van der Waals surface area contributed by atoms with Gasteiger partial charge in [0.1, 0.15) is 11.1 Å². The molecule has 0 aliphatic heterocycles. The third kappa shape index (κ3) is 3.48. The summed E-state index contributed by atoms with van der Waals surface area (Å²) in [6.45, 7) is 0.242. The van der Waals surface area contributed by atoms with Crippen molar-refractivity contribution < 1.29 is 9.21 Å². The average molecular weight is 360 g/mol. The van der Waals surface area contributed by atoms with E-state index in [9.17, 15) is 9.59 Å². The van der Waals surface area contributed by atoms with Crippen LogP contribution in [-0.2, 0) is 13.6 Å². The Labute approximate surface area is 154 Å². The van der Waals surface area contributed by atoms with E-state index in [1.54, 1.807) is 47.5 Å². The zero-order valence-corrected chi connectivity index (χ0v) is 14.5. The summed E-state index contributed by atoms with van der Waals surface area (Å²) in [4.78, 5) is 28.7. The summed E-state index contributed by atoms with van der Waals surface area (Å²) >= 11 is 0. The Morgan fingerprint density at radius 1 is 1.15 bits per heavy atom. The summed E-state index contributed by atoms with van der Waals surface area (Å²) in [6, 6.07) is 10.5. The Morgan fingerprint density at radius 2 is 2.00 bits per heavy atom. The van der Waals surface area contributed by atoms with Crippen molar-refractivity contribution in [3.63, 3.8) is 0 Å². The van der Waals surface area contributed by atoms with Gasteiger partial charge in [0.05, 0.1) is 6.20 Å². The maximum atomic E-state index is 12.4. The number of benzene rings is 1. The molecule has 0 unspecified atom stereocenters. The first kappa shape index (κ1) is 16.7. The minimum Gasteiger partial charge on any atom is -0.422 e. The van der Waals surface area contributed by atoms with Gasteiger partial charge in [-0.1, -0.05) is 18.2 Å². The van der Waals surface area contributed by atoms with Crippen LogP contribution < -0.4 is 10.9 Å². The van der Waals surface area contributed by atoms with Gasteiger partial charge in [0, 0.05) is 48.7 Å². The fourth-order valence-electron chi connectivity index (χ4n) is 2.81. The molecule has 3 heterocycles. The Morgan fingerprint density at radius 3 is 2.81 bits per heavy atom. The number of rotatable bonds is 4. The maximum absolute atomic E-state index is 12.4. The van der Waals surface area contributed by atoms with Gasteiger partial charge in [-0.05, 0) is 23.8 Å². The maximum Gasteiger partial charge on any atom is 0.349 e. The zero-order chi connectivity index (χ0) is 18.8. The van der Waals surface area contributed by atoms with E-state index in [4.69, 9.17) is 4.42 Å². The molecule has 27 heavy (non-hydrogen) atoms. The number of aromatic nitrogens is 3. The van der Waals surface area contributed by atoms with Gasteiger partial charge in [0.15, 0.2) is 0 Å². The SMILES string of the molecule is Cn1cc(-c2cncc(CNC(=O)c3cc4ccccc4oc3=O)c2)cn1. The van der Waals surface area contributed by atoms with Crippen molar-refractivity contribution in [3.8, 4) is 11.1 Å². The molecule has 0 radical (unpaired) electrons. The number of aryl methyl sites for hydroxylation is 1. The van der Waals surface area contributed by atoms with Crippen molar-refractivity contribution in [1.29, 1.82) is 0 Å². The normalized spacial score (nSPS) is 10.9. The van der Waals surface area contributed by atoms with Gasteiger partial charge in [-0.15, -0.1) is 0 Å². The molecule has 0 aliphatic carbocycles.